The van der Waals surface area contributed by atoms with Crippen LogP contribution in [0.1, 0.15) is 31.3 Å². The Bertz CT molecular complexity index is 400. The molecule has 0 amide bonds. The summed E-state index contributed by atoms with van der Waals surface area (Å²) in [5.41, 5.74) is 7.11. The van der Waals surface area contributed by atoms with Gasteiger partial charge in [-0.1, -0.05) is 20.8 Å². The Hall–Kier alpha value is -0.650. The Balaban J connectivity index is 2.22. The summed E-state index contributed by atoms with van der Waals surface area (Å²) >= 11 is 1.77. The third-order valence-corrected chi connectivity index (χ3v) is 4.49. The minimum absolute atomic E-state index is 0.0794. The predicted octanol–water partition coefficient (Wildman–Crippen LogP) is 1.65. The average Bonchev–Trinajstić information content (AvgIpc) is 2.73. The van der Waals surface area contributed by atoms with E-state index in [0.29, 0.717) is 6.54 Å². The number of aromatic nitrogens is 1. The third kappa shape index (κ3) is 2.84. The average molecular weight is 268 g/mol. The molecule has 1 saturated heterocycles. The first-order valence-corrected chi connectivity index (χ1v) is 7.37. The molecule has 18 heavy (non-hydrogen) atoms. The van der Waals surface area contributed by atoms with Crippen LogP contribution in [0.5, 0.6) is 0 Å². The first-order valence-electron chi connectivity index (χ1n) is 6.55. The van der Waals surface area contributed by atoms with Crippen molar-refractivity contribution >= 4 is 16.5 Å². The lowest BCUT2D eigenvalue weighted by atomic mass is 9.91. The van der Waals surface area contributed by atoms with Crippen molar-refractivity contribution in [3.63, 3.8) is 0 Å². The number of anilines is 1. The molecule has 1 aromatic rings. The number of rotatable bonds is 2. The molecule has 2 heterocycles. The molecule has 1 aliphatic heterocycles. The van der Waals surface area contributed by atoms with Crippen molar-refractivity contribution in [2.75, 3.05) is 38.1 Å². The molecule has 4 nitrogen and oxygen atoms in total. The number of thiazole rings is 1. The van der Waals surface area contributed by atoms with Gasteiger partial charge in [-0.05, 0) is 7.05 Å². The molecule has 0 saturated carbocycles. The molecule has 0 aliphatic carbocycles. The van der Waals surface area contributed by atoms with Gasteiger partial charge in [0.05, 0.1) is 5.69 Å². The molecular formula is C13H24N4S. The van der Waals surface area contributed by atoms with E-state index in [1.165, 1.54) is 10.6 Å². The van der Waals surface area contributed by atoms with Crippen LogP contribution in [0.4, 0.5) is 5.13 Å². The van der Waals surface area contributed by atoms with Crippen molar-refractivity contribution in [1.82, 2.24) is 9.88 Å². The number of nitrogens with two attached hydrogens (primary N) is 1. The Morgan fingerprint density at radius 2 is 1.83 bits per heavy atom. The molecular weight excluding hydrogens is 244 g/mol. The van der Waals surface area contributed by atoms with Crippen molar-refractivity contribution in [2.24, 2.45) is 5.73 Å². The third-order valence-electron chi connectivity index (χ3n) is 3.36. The highest BCUT2D eigenvalue weighted by Crippen LogP contribution is 2.33. The van der Waals surface area contributed by atoms with Crippen LogP contribution in [0.3, 0.4) is 0 Å². The van der Waals surface area contributed by atoms with Gasteiger partial charge in [0.25, 0.3) is 0 Å². The maximum absolute atomic E-state index is 5.86. The zero-order valence-electron chi connectivity index (χ0n) is 11.9. The maximum Gasteiger partial charge on any atom is 0.185 e. The molecule has 102 valence electrons. The Morgan fingerprint density at radius 1 is 1.22 bits per heavy atom. The molecule has 0 spiro atoms. The second-order valence-corrected chi connectivity index (χ2v) is 7.07. The quantitative estimate of drug-likeness (QED) is 0.886. The second-order valence-electron chi connectivity index (χ2n) is 6.01. The smallest absolute Gasteiger partial charge is 0.185 e. The van der Waals surface area contributed by atoms with Crippen LogP contribution in [0.15, 0.2) is 0 Å². The predicted molar refractivity (Wildman–Crippen MR) is 78.4 cm³/mol. The number of likely N-dealkylation sites (N-methyl/N-ethyl adjacent to an activating group) is 1. The van der Waals surface area contributed by atoms with Crippen LogP contribution in [-0.2, 0) is 12.0 Å². The molecule has 0 bridgehead atoms. The highest BCUT2D eigenvalue weighted by molar-refractivity contribution is 7.15. The molecule has 5 heteroatoms. The zero-order valence-corrected chi connectivity index (χ0v) is 12.7. The fraction of sp³-hybridized carbons (Fsp3) is 0.769. The van der Waals surface area contributed by atoms with E-state index in [-0.39, 0.29) is 5.41 Å². The highest BCUT2D eigenvalue weighted by Gasteiger charge is 2.25. The van der Waals surface area contributed by atoms with Gasteiger partial charge in [0.2, 0.25) is 0 Å². The van der Waals surface area contributed by atoms with Crippen LogP contribution >= 0.6 is 11.3 Å². The fourth-order valence-electron chi connectivity index (χ4n) is 2.20. The van der Waals surface area contributed by atoms with Gasteiger partial charge in [-0.15, -0.1) is 11.3 Å². The van der Waals surface area contributed by atoms with Gasteiger partial charge in [-0.2, -0.15) is 0 Å². The summed E-state index contributed by atoms with van der Waals surface area (Å²) < 4.78 is 0. The maximum atomic E-state index is 5.86. The second kappa shape index (κ2) is 5.15. The monoisotopic (exact) mass is 268 g/mol. The minimum atomic E-state index is 0.0794. The molecule has 0 atom stereocenters. The van der Waals surface area contributed by atoms with Crippen molar-refractivity contribution in [2.45, 2.75) is 32.7 Å². The van der Waals surface area contributed by atoms with E-state index in [9.17, 15) is 0 Å². The van der Waals surface area contributed by atoms with E-state index in [4.69, 9.17) is 10.7 Å². The zero-order chi connectivity index (χ0) is 13.3. The number of piperazine rings is 1. The van der Waals surface area contributed by atoms with Gasteiger partial charge >= 0.3 is 0 Å². The molecule has 0 radical (unpaired) electrons. The van der Waals surface area contributed by atoms with E-state index in [2.05, 4.69) is 37.6 Å². The summed E-state index contributed by atoms with van der Waals surface area (Å²) in [6, 6.07) is 0. The van der Waals surface area contributed by atoms with Crippen LogP contribution < -0.4 is 10.6 Å². The largest absolute Gasteiger partial charge is 0.346 e. The fourth-order valence-corrected chi connectivity index (χ4v) is 3.40. The summed E-state index contributed by atoms with van der Waals surface area (Å²) in [6.45, 7) is 11.6. The van der Waals surface area contributed by atoms with Gasteiger partial charge < -0.3 is 15.5 Å². The van der Waals surface area contributed by atoms with E-state index in [1.807, 2.05) is 0 Å². The molecule has 1 fully saturated rings. The lowest BCUT2D eigenvalue weighted by Crippen LogP contribution is -2.44. The molecule has 0 aromatic carbocycles. The molecule has 1 aliphatic rings. The van der Waals surface area contributed by atoms with Crippen molar-refractivity contribution in [3.05, 3.63) is 10.6 Å². The standard InChI is InChI=1S/C13H24N4S/c1-13(2,3)11-10(9-14)18-12(15-11)17-7-5-16(4)6-8-17/h5-9,14H2,1-4H3. The summed E-state index contributed by atoms with van der Waals surface area (Å²) in [5, 5.41) is 1.15. The molecule has 2 N–H and O–H groups in total. The van der Waals surface area contributed by atoms with E-state index in [0.717, 1.165) is 31.3 Å². The normalized spacial score (nSPS) is 18.4. The lowest BCUT2D eigenvalue weighted by Gasteiger charge is -2.32. The van der Waals surface area contributed by atoms with Crippen LogP contribution in [0.2, 0.25) is 0 Å². The lowest BCUT2D eigenvalue weighted by molar-refractivity contribution is 0.312. The summed E-state index contributed by atoms with van der Waals surface area (Å²) in [4.78, 5) is 10.8. The van der Waals surface area contributed by atoms with E-state index in [1.54, 1.807) is 11.3 Å². The Morgan fingerprint density at radius 3 is 2.28 bits per heavy atom. The van der Waals surface area contributed by atoms with Crippen LogP contribution in [0, 0.1) is 0 Å². The van der Waals surface area contributed by atoms with Gasteiger partial charge in [0, 0.05) is 43.0 Å². The summed E-state index contributed by atoms with van der Waals surface area (Å²) in [7, 11) is 2.17. The van der Waals surface area contributed by atoms with Crippen molar-refractivity contribution < 1.29 is 0 Å². The first-order chi connectivity index (χ1) is 8.41. The van der Waals surface area contributed by atoms with E-state index >= 15 is 0 Å². The van der Waals surface area contributed by atoms with E-state index < -0.39 is 0 Å². The van der Waals surface area contributed by atoms with Crippen LogP contribution in [0.25, 0.3) is 0 Å². The SMILES string of the molecule is CN1CCN(c2nc(C(C)(C)C)c(CN)s2)CC1. The minimum Gasteiger partial charge on any atom is -0.346 e. The topological polar surface area (TPSA) is 45.4 Å². The Kier molecular flexibility index (Phi) is 3.94. The van der Waals surface area contributed by atoms with Gasteiger partial charge in [0.15, 0.2) is 5.13 Å². The van der Waals surface area contributed by atoms with Gasteiger partial charge in [0.1, 0.15) is 0 Å². The molecule has 0 unspecified atom stereocenters. The Labute approximate surface area is 114 Å². The number of hydrogen-bond acceptors (Lipinski definition) is 5. The summed E-state index contributed by atoms with van der Waals surface area (Å²) in [5.74, 6) is 0. The van der Waals surface area contributed by atoms with Crippen molar-refractivity contribution in [3.8, 4) is 0 Å². The number of hydrogen-bond donors (Lipinski definition) is 1. The van der Waals surface area contributed by atoms with Crippen LogP contribution in [-0.4, -0.2) is 43.1 Å². The number of nitrogens with zero attached hydrogens (tertiary/aromatic N) is 3. The molecule has 1 aromatic heterocycles. The first kappa shape index (κ1) is 13.8. The molecule has 2 rings (SSSR count). The van der Waals surface area contributed by atoms with Gasteiger partial charge in [-0.3, -0.25) is 0 Å². The highest BCUT2D eigenvalue weighted by atomic mass is 32.1. The van der Waals surface area contributed by atoms with Gasteiger partial charge in [-0.25, -0.2) is 4.98 Å². The summed E-state index contributed by atoms with van der Waals surface area (Å²) in [6.07, 6.45) is 0. The van der Waals surface area contributed by atoms with Crippen molar-refractivity contribution in [1.29, 1.82) is 0 Å².